The van der Waals surface area contributed by atoms with E-state index in [-0.39, 0.29) is 18.2 Å². The van der Waals surface area contributed by atoms with Crippen LogP contribution in [0.4, 0.5) is 4.39 Å². The van der Waals surface area contributed by atoms with Gasteiger partial charge in [-0.15, -0.1) is 12.4 Å². The van der Waals surface area contributed by atoms with Gasteiger partial charge in [0.25, 0.3) is 0 Å². The van der Waals surface area contributed by atoms with Gasteiger partial charge >= 0.3 is 0 Å². The number of likely N-dealkylation sites (N-methyl/N-ethyl adjacent to an activating group) is 1. The van der Waals surface area contributed by atoms with Gasteiger partial charge in [0.05, 0.1) is 0 Å². The molecule has 0 aromatic heterocycles. The van der Waals surface area contributed by atoms with Crippen LogP contribution in [0.1, 0.15) is 30.9 Å². The standard InChI is InChI=1S/C15H23FN2.ClH/c1-3-12-6-4-8-15(16)14(12)11-18-9-5-7-13(10-18)17-2;/h4,6,8,13,17H,3,5,7,9-11H2,1-2H3;1H. The average Bonchev–Trinajstić information content (AvgIpc) is 2.41. The fraction of sp³-hybridized carbons (Fsp3) is 0.600. The van der Waals surface area contributed by atoms with Crippen LogP contribution in [0.5, 0.6) is 0 Å². The number of halogens is 2. The van der Waals surface area contributed by atoms with Crippen molar-refractivity contribution in [1.82, 2.24) is 10.2 Å². The number of rotatable bonds is 4. The summed E-state index contributed by atoms with van der Waals surface area (Å²) in [4.78, 5) is 2.36. The first kappa shape index (κ1) is 16.4. The molecule has 1 heterocycles. The van der Waals surface area contributed by atoms with Crippen molar-refractivity contribution in [2.75, 3.05) is 20.1 Å². The van der Waals surface area contributed by atoms with Crippen LogP contribution in [0.25, 0.3) is 0 Å². The topological polar surface area (TPSA) is 15.3 Å². The van der Waals surface area contributed by atoms with E-state index < -0.39 is 0 Å². The van der Waals surface area contributed by atoms with Crippen molar-refractivity contribution < 1.29 is 4.39 Å². The Morgan fingerprint density at radius 3 is 2.89 bits per heavy atom. The molecule has 1 aromatic carbocycles. The third kappa shape index (κ3) is 4.16. The van der Waals surface area contributed by atoms with Crippen molar-refractivity contribution in [1.29, 1.82) is 0 Å². The summed E-state index contributed by atoms with van der Waals surface area (Å²) in [7, 11) is 2.01. The van der Waals surface area contributed by atoms with E-state index in [1.807, 2.05) is 19.2 Å². The second-order valence-corrected chi connectivity index (χ2v) is 5.09. The molecule has 1 atom stereocenters. The maximum Gasteiger partial charge on any atom is 0.127 e. The monoisotopic (exact) mass is 286 g/mol. The normalized spacial score (nSPS) is 20.1. The number of piperidine rings is 1. The average molecular weight is 287 g/mol. The molecule has 4 heteroatoms. The zero-order valence-electron chi connectivity index (χ0n) is 11.8. The molecule has 0 aliphatic carbocycles. The molecule has 0 saturated carbocycles. The highest BCUT2D eigenvalue weighted by atomic mass is 35.5. The van der Waals surface area contributed by atoms with Gasteiger partial charge in [-0.05, 0) is 44.5 Å². The van der Waals surface area contributed by atoms with Gasteiger partial charge in [0, 0.05) is 24.7 Å². The fourth-order valence-corrected chi connectivity index (χ4v) is 2.77. The van der Waals surface area contributed by atoms with Crippen LogP contribution < -0.4 is 5.32 Å². The zero-order chi connectivity index (χ0) is 13.0. The summed E-state index contributed by atoms with van der Waals surface area (Å²) >= 11 is 0. The highest BCUT2D eigenvalue weighted by molar-refractivity contribution is 5.85. The molecule has 1 aliphatic heterocycles. The lowest BCUT2D eigenvalue weighted by atomic mass is 10.0. The molecule has 0 radical (unpaired) electrons. The van der Waals surface area contributed by atoms with E-state index in [2.05, 4.69) is 17.1 Å². The van der Waals surface area contributed by atoms with Gasteiger partial charge in [-0.25, -0.2) is 4.39 Å². The lowest BCUT2D eigenvalue weighted by Gasteiger charge is -2.33. The first-order valence-corrected chi connectivity index (χ1v) is 6.90. The Morgan fingerprint density at radius 2 is 2.21 bits per heavy atom. The Morgan fingerprint density at radius 1 is 1.42 bits per heavy atom. The van der Waals surface area contributed by atoms with Crippen LogP contribution in [-0.2, 0) is 13.0 Å². The number of hydrogen-bond acceptors (Lipinski definition) is 2. The van der Waals surface area contributed by atoms with E-state index in [1.165, 1.54) is 12.8 Å². The van der Waals surface area contributed by atoms with Crippen LogP contribution in [0.15, 0.2) is 18.2 Å². The first-order valence-electron chi connectivity index (χ1n) is 6.90. The molecular weight excluding hydrogens is 263 g/mol. The Kier molecular flexibility index (Phi) is 6.76. The zero-order valence-corrected chi connectivity index (χ0v) is 12.6. The molecule has 19 heavy (non-hydrogen) atoms. The summed E-state index contributed by atoms with van der Waals surface area (Å²) in [5.41, 5.74) is 2.03. The molecule has 1 N–H and O–H groups in total. The molecule has 1 aromatic rings. The quantitative estimate of drug-likeness (QED) is 0.915. The molecule has 0 bridgehead atoms. The number of hydrogen-bond donors (Lipinski definition) is 1. The molecule has 1 fully saturated rings. The van der Waals surface area contributed by atoms with Gasteiger partial charge in [0.15, 0.2) is 0 Å². The summed E-state index contributed by atoms with van der Waals surface area (Å²) < 4.78 is 13.9. The molecule has 0 amide bonds. The minimum absolute atomic E-state index is 0. The molecule has 1 aliphatic rings. The van der Waals surface area contributed by atoms with E-state index in [4.69, 9.17) is 0 Å². The second kappa shape index (κ2) is 7.83. The third-order valence-electron chi connectivity index (χ3n) is 3.89. The Hall–Kier alpha value is -0.640. The minimum Gasteiger partial charge on any atom is -0.316 e. The predicted octanol–water partition coefficient (Wildman–Crippen LogP) is 2.99. The summed E-state index contributed by atoms with van der Waals surface area (Å²) in [6.45, 7) is 4.93. The summed E-state index contributed by atoms with van der Waals surface area (Å²) in [5, 5.41) is 3.33. The molecule has 108 valence electrons. The Labute approximate surface area is 121 Å². The van der Waals surface area contributed by atoms with Gasteiger partial charge in [0.1, 0.15) is 5.82 Å². The van der Waals surface area contributed by atoms with Crippen molar-refractivity contribution in [3.63, 3.8) is 0 Å². The van der Waals surface area contributed by atoms with Gasteiger partial charge < -0.3 is 5.32 Å². The predicted molar refractivity (Wildman–Crippen MR) is 80.4 cm³/mol. The Balaban J connectivity index is 0.00000180. The van der Waals surface area contributed by atoms with Crippen LogP contribution in [0.3, 0.4) is 0 Å². The van der Waals surface area contributed by atoms with Crippen LogP contribution in [0.2, 0.25) is 0 Å². The lowest BCUT2D eigenvalue weighted by Crippen LogP contribution is -2.44. The van der Waals surface area contributed by atoms with Gasteiger partial charge in [-0.1, -0.05) is 19.1 Å². The van der Waals surface area contributed by atoms with Gasteiger partial charge in [-0.2, -0.15) is 0 Å². The number of benzene rings is 1. The smallest absolute Gasteiger partial charge is 0.127 e. The fourth-order valence-electron chi connectivity index (χ4n) is 2.77. The molecule has 1 unspecified atom stereocenters. The number of aryl methyl sites for hydroxylation is 1. The minimum atomic E-state index is -0.0547. The molecule has 0 spiro atoms. The van der Waals surface area contributed by atoms with Crippen LogP contribution >= 0.6 is 12.4 Å². The van der Waals surface area contributed by atoms with E-state index in [0.29, 0.717) is 6.04 Å². The summed E-state index contributed by atoms with van der Waals surface area (Å²) in [6.07, 6.45) is 3.32. The number of nitrogens with zero attached hydrogens (tertiary/aromatic N) is 1. The SMILES string of the molecule is CCc1cccc(F)c1CN1CCCC(NC)C1.Cl. The molecular formula is C15H24ClFN2. The Bertz CT molecular complexity index is 398. The molecule has 2 nitrogen and oxygen atoms in total. The van der Waals surface area contributed by atoms with E-state index in [0.717, 1.165) is 37.2 Å². The van der Waals surface area contributed by atoms with Crippen molar-refractivity contribution in [3.05, 3.63) is 35.1 Å². The van der Waals surface area contributed by atoms with Crippen molar-refractivity contribution in [3.8, 4) is 0 Å². The highest BCUT2D eigenvalue weighted by Gasteiger charge is 2.20. The largest absolute Gasteiger partial charge is 0.316 e. The summed E-state index contributed by atoms with van der Waals surface area (Å²) in [6, 6.07) is 5.98. The maximum absolute atomic E-state index is 13.9. The number of likely N-dealkylation sites (tertiary alicyclic amines) is 1. The third-order valence-corrected chi connectivity index (χ3v) is 3.89. The highest BCUT2D eigenvalue weighted by Crippen LogP contribution is 2.19. The van der Waals surface area contributed by atoms with Crippen LogP contribution in [-0.4, -0.2) is 31.1 Å². The summed E-state index contributed by atoms with van der Waals surface area (Å²) in [5.74, 6) is -0.0547. The lowest BCUT2D eigenvalue weighted by molar-refractivity contribution is 0.185. The van der Waals surface area contributed by atoms with Crippen molar-refractivity contribution >= 4 is 12.4 Å². The molecule has 1 saturated heterocycles. The van der Waals surface area contributed by atoms with E-state index in [1.54, 1.807) is 6.07 Å². The van der Waals surface area contributed by atoms with Gasteiger partial charge in [0.2, 0.25) is 0 Å². The van der Waals surface area contributed by atoms with Gasteiger partial charge in [-0.3, -0.25) is 4.90 Å². The van der Waals surface area contributed by atoms with E-state index >= 15 is 0 Å². The number of nitrogens with one attached hydrogen (secondary N) is 1. The van der Waals surface area contributed by atoms with Crippen LogP contribution in [0, 0.1) is 5.82 Å². The van der Waals surface area contributed by atoms with E-state index in [9.17, 15) is 4.39 Å². The van der Waals surface area contributed by atoms with Crippen molar-refractivity contribution in [2.45, 2.75) is 38.8 Å². The second-order valence-electron chi connectivity index (χ2n) is 5.09. The first-order chi connectivity index (χ1) is 8.74. The van der Waals surface area contributed by atoms with Crippen molar-refractivity contribution in [2.24, 2.45) is 0 Å². The maximum atomic E-state index is 13.9. The molecule has 2 rings (SSSR count).